The van der Waals surface area contributed by atoms with Gasteiger partial charge < -0.3 is 19.3 Å². The van der Waals surface area contributed by atoms with Gasteiger partial charge in [-0.15, -0.1) is 0 Å². The molecule has 1 saturated heterocycles. The lowest BCUT2D eigenvalue weighted by atomic mass is 9.54. The van der Waals surface area contributed by atoms with E-state index in [1.165, 1.54) is 5.56 Å². The number of methoxy groups -OCH3 is 1. The van der Waals surface area contributed by atoms with Gasteiger partial charge in [-0.3, -0.25) is 0 Å². The molecule has 0 unspecified atom stereocenters. The van der Waals surface area contributed by atoms with Crippen molar-refractivity contribution in [3.8, 4) is 5.75 Å². The van der Waals surface area contributed by atoms with Gasteiger partial charge in [-0.25, -0.2) is 0 Å². The molecule has 4 nitrogen and oxygen atoms in total. The number of ether oxygens (including phenoxy) is 3. The summed E-state index contributed by atoms with van der Waals surface area (Å²) in [6.07, 6.45) is 3.63. The normalized spacial score (nSPS) is 34.0. The standard InChI is InChI=1S/C16H20O4/c1-18-13-7-2-5-11-12-6-3-8-15(16(12,17)14(11)13)19-9-4-10-20-15/h2,5,7,12,17H,3-4,6,8-10H2,1H3/t12-,16+/m1/s1. The highest BCUT2D eigenvalue weighted by molar-refractivity contribution is 5.57. The Balaban J connectivity index is 1.87. The van der Waals surface area contributed by atoms with Gasteiger partial charge in [-0.1, -0.05) is 12.1 Å². The van der Waals surface area contributed by atoms with Crippen LogP contribution in [0.2, 0.25) is 0 Å². The summed E-state index contributed by atoms with van der Waals surface area (Å²) in [5.41, 5.74) is 0.992. The van der Waals surface area contributed by atoms with Crippen molar-refractivity contribution >= 4 is 0 Å². The Morgan fingerprint density at radius 1 is 1.25 bits per heavy atom. The van der Waals surface area contributed by atoms with Crippen molar-refractivity contribution in [1.29, 1.82) is 0 Å². The van der Waals surface area contributed by atoms with Gasteiger partial charge in [0.2, 0.25) is 5.79 Å². The quantitative estimate of drug-likeness (QED) is 0.855. The summed E-state index contributed by atoms with van der Waals surface area (Å²) in [4.78, 5) is 0. The van der Waals surface area contributed by atoms with Crippen LogP contribution in [0.5, 0.6) is 5.75 Å². The summed E-state index contributed by atoms with van der Waals surface area (Å²) >= 11 is 0. The molecule has 2 aliphatic carbocycles. The Kier molecular flexibility index (Phi) is 2.65. The molecule has 1 N–H and O–H groups in total. The molecular weight excluding hydrogens is 256 g/mol. The first-order valence-electron chi connectivity index (χ1n) is 7.40. The van der Waals surface area contributed by atoms with Gasteiger partial charge in [0, 0.05) is 17.9 Å². The lowest BCUT2D eigenvalue weighted by molar-refractivity contribution is -0.373. The predicted molar refractivity (Wildman–Crippen MR) is 72.7 cm³/mol. The molecule has 1 aromatic carbocycles. The van der Waals surface area contributed by atoms with Crippen LogP contribution in [0.3, 0.4) is 0 Å². The fourth-order valence-corrected chi connectivity index (χ4v) is 4.23. The second-order valence-electron chi connectivity index (χ2n) is 5.94. The maximum Gasteiger partial charge on any atom is 0.202 e. The molecule has 2 atom stereocenters. The zero-order valence-corrected chi connectivity index (χ0v) is 11.7. The van der Waals surface area contributed by atoms with Crippen molar-refractivity contribution in [3.05, 3.63) is 29.3 Å². The second kappa shape index (κ2) is 4.20. The highest BCUT2D eigenvalue weighted by atomic mass is 16.7. The average Bonchev–Trinajstić information content (AvgIpc) is 2.50. The summed E-state index contributed by atoms with van der Waals surface area (Å²) in [5, 5.41) is 11.4. The number of hydrogen-bond acceptors (Lipinski definition) is 4. The fourth-order valence-electron chi connectivity index (χ4n) is 4.23. The van der Waals surface area contributed by atoms with Gasteiger partial charge in [-0.2, -0.15) is 0 Å². The summed E-state index contributed by atoms with van der Waals surface area (Å²) in [7, 11) is 1.64. The molecule has 4 rings (SSSR count). The first-order chi connectivity index (χ1) is 9.73. The summed E-state index contributed by atoms with van der Waals surface area (Å²) in [6, 6.07) is 5.97. The Morgan fingerprint density at radius 2 is 2.05 bits per heavy atom. The van der Waals surface area contributed by atoms with E-state index in [4.69, 9.17) is 14.2 Å². The number of fused-ring (bicyclic) bond motifs is 5. The zero-order chi connectivity index (χ0) is 13.8. The van der Waals surface area contributed by atoms with E-state index in [1.54, 1.807) is 7.11 Å². The van der Waals surface area contributed by atoms with Crippen LogP contribution in [0.25, 0.3) is 0 Å². The van der Waals surface area contributed by atoms with E-state index in [0.29, 0.717) is 13.2 Å². The molecule has 1 aliphatic heterocycles. The van der Waals surface area contributed by atoms with Crippen molar-refractivity contribution in [1.82, 2.24) is 0 Å². The fraction of sp³-hybridized carbons (Fsp3) is 0.625. The van der Waals surface area contributed by atoms with Crippen molar-refractivity contribution < 1.29 is 19.3 Å². The van der Waals surface area contributed by atoms with Crippen molar-refractivity contribution in [3.63, 3.8) is 0 Å². The number of hydrogen-bond donors (Lipinski definition) is 1. The molecule has 108 valence electrons. The Hall–Kier alpha value is -1.10. The molecule has 2 fully saturated rings. The van der Waals surface area contributed by atoms with E-state index in [-0.39, 0.29) is 5.92 Å². The SMILES string of the molecule is COc1cccc2c1[C@@]1(O)[C@@H]2CCCC12OCCCO2. The maximum absolute atomic E-state index is 11.4. The smallest absolute Gasteiger partial charge is 0.202 e. The molecular formula is C16H20O4. The topological polar surface area (TPSA) is 47.9 Å². The number of benzene rings is 1. The van der Waals surface area contributed by atoms with Gasteiger partial charge >= 0.3 is 0 Å². The maximum atomic E-state index is 11.4. The third kappa shape index (κ3) is 1.32. The molecule has 0 amide bonds. The molecule has 0 bridgehead atoms. The van der Waals surface area contributed by atoms with Crippen LogP contribution < -0.4 is 4.74 Å². The van der Waals surface area contributed by atoms with Crippen LogP contribution in [0, 0.1) is 0 Å². The molecule has 4 heteroatoms. The third-order valence-corrected chi connectivity index (χ3v) is 5.08. The van der Waals surface area contributed by atoms with Gasteiger partial charge in [0.1, 0.15) is 5.75 Å². The van der Waals surface area contributed by atoms with Crippen molar-refractivity contribution in [2.24, 2.45) is 0 Å². The average molecular weight is 276 g/mol. The van der Waals surface area contributed by atoms with Crippen LogP contribution in [-0.2, 0) is 15.1 Å². The van der Waals surface area contributed by atoms with Crippen LogP contribution in [-0.4, -0.2) is 31.2 Å². The molecule has 1 aromatic rings. The molecule has 0 aromatic heterocycles. The molecule has 1 heterocycles. The zero-order valence-electron chi connectivity index (χ0n) is 11.7. The van der Waals surface area contributed by atoms with E-state index in [0.717, 1.165) is 37.0 Å². The minimum absolute atomic E-state index is 0.0967. The largest absolute Gasteiger partial charge is 0.496 e. The molecule has 1 saturated carbocycles. The summed E-state index contributed by atoms with van der Waals surface area (Å²) in [6.45, 7) is 1.30. The first kappa shape index (κ1) is 12.6. The highest BCUT2D eigenvalue weighted by Gasteiger charge is 2.68. The number of aliphatic hydroxyl groups is 1. The van der Waals surface area contributed by atoms with Crippen molar-refractivity contribution in [2.45, 2.75) is 43.0 Å². The monoisotopic (exact) mass is 276 g/mol. The van der Waals surface area contributed by atoms with E-state index in [2.05, 4.69) is 6.07 Å². The van der Waals surface area contributed by atoms with Crippen LogP contribution in [0.15, 0.2) is 18.2 Å². The van der Waals surface area contributed by atoms with Gasteiger partial charge in [0.15, 0.2) is 5.60 Å². The van der Waals surface area contributed by atoms with E-state index in [9.17, 15) is 5.11 Å². The second-order valence-corrected chi connectivity index (χ2v) is 5.94. The van der Waals surface area contributed by atoms with E-state index < -0.39 is 11.4 Å². The summed E-state index contributed by atoms with van der Waals surface area (Å²) in [5.74, 6) is -0.0461. The van der Waals surface area contributed by atoms with Gasteiger partial charge in [0.25, 0.3) is 0 Å². The predicted octanol–water partition coefficient (Wildman–Crippen LogP) is 2.30. The molecule has 20 heavy (non-hydrogen) atoms. The summed E-state index contributed by atoms with van der Waals surface area (Å²) < 4.78 is 17.4. The van der Waals surface area contributed by atoms with Crippen LogP contribution >= 0.6 is 0 Å². The van der Waals surface area contributed by atoms with Crippen molar-refractivity contribution in [2.75, 3.05) is 20.3 Å². The van der Waals surface area contributed by atoms with Gasteiger partial charge in [-0.05, 0) is 30.9 Å². The number of rotatable bonds is 1. The highest BCUT2D eigenvalue weighted by Crippen LogP contribution is 2.65. The van der Waals surface area contributed by atoms with Crippen LogP contribution in [0.4, 0.5) is 0 Å². The minimum atomic E-state index is -1.06. The first-order valence-corrected chi connectivity index (χ1v) is 7.40. The molecule has 0 radical (unpaired) electrons. The molecule has 3 aliphatic rings. The lowest BCUT2D eigenvalue weighted by Gasteiger charge is -2.60. The molecule has 1 spiro atoms. The Labute approximate surface area is 118 Å². The lowest BCUT2D eigenvalue weighted by Crippen LogP contribution is -2.66. The van der Waals surface area contributed by atoms with E-state index in [1.807, 2.05) is 12.1 Å². The minimum Gasteiger partial charge on any atom is -0.496 e. The van der Waals surface area contributed by atoms with Gasteiger partial charge in [0.05, 0.1) is 20.3 Å². The van der Waals surface area contributed by atoms with Crippen LogP contribution in [0.1, 0.15) is 42.7 Å². The Morgan fingerprint density at radius 3 is 2.80 bits per heavy atom. The Bertz CT molecular complexity index is 530. The third-order valence-electron chi connectivity index (χ3n) is 5.08. The van der Waals surface area contributed by atoms with E-state index >= 15 is 0 Å².